The van der Waals surface area contributed by atoms with E-state index in [1.807, 2.05) is 31.2 Å². The van der Waals surface area contributed by atoms with E-state index in [9.17, 15) is 14.0 Å². The van der Waals surface area contributed by atoms with Gasteiger partial charge < -0.3 is 5.32 Å². The molecule has 2 N–H and O–H groups in total. The standard InChI is InChI=1S/C22H19BrFN7O2S3/c1-2-34-22-30-28-20(36-22)26-18(32)12-35-21-29-27-17(31(21)16-8-6-14(23)7-9-16)11-25-19(33)13-4-3-5-15(24)10-13/h3-10H,2,11-12H2,1H3,(H,25,33)(H,26,28,32). The molecule has 14 heteroatoms. The molecule has 0 radical (unpaired) electrons. The molecule has 0 aliphatic rings. The molecule has 186 valence electrons. The molecule has 0 bridgehead atoms. The van der Waals surface area contributed by atoms with E-state index in [1.54, 1.807) is 16.3 Å². The van der Waals surface area contributed by atoms with Gasteiger partial charge in [0.2, 0.25) is 11.0 Å². The second-order valence-electron chi connectivity index (χ2n) is 7.05. The fraction of sp³-hybridized carbons (Fsp3) is 0.182. The number of nitrogens with one attached hydrogen (secondary N) is 2. The zero-order chi connectivity index (χ0) is 25.5. The average Bonchev–Trinajstić information content (AvgIpc) is 3.48. The van der Waals surface area contributed by atoms with Gasteiger partial charge in [-0.2, -0.15) is 0 Å². The number of aromatic nitrogens is 5. The number of rotatable bonds is 10. The van der Waals surface area contributed by atoms with Gasteiger partial charge >= 0.3 is 0 Å². The van der Waals surface area contributed by atoms with Gasteiger partial charge in [-0.1, -0.05) is 63.8 Å². The molecular formula is C22H19BrFN7O2S3. The fourth-order valence-corrected chi connectivity index (χ4v) is 5.68. The van der Waals surface area contributed by atoms with Gasteiger partial charge in [-0.15, -0.1) is 20.4 Å². The van der Waals surface area contributed by atoms with Crippen molar-refractivity contribution < 1.29 is 14.0 Å². The van der Waals surface area contributed by atoms with Gasteiger partial charge in [-0.3, -0.25) is 19.5 Å². The molecule has 0 saturated carbocycles. The third-order valence-electron chi connectivity index (χ3n) is 4.53. The molecule has 2 heterocycles. The molecule has 2 amide bonds. The molecule has 9 nitrogen and oxygen atoms in total. The topological polar surface area (TPSA) is 115 Å². The van der Waals surface area contributed by atoms with Crippen LogP contribution >= 0.6 is 50.8 Å². The zero-order valence-electron chi connectivity index (χ0n) is 18.8. The second-order valence-corrected chi connectivity index (χ2v) is 11.4. The molecule has 0 fully saturated rings. The molecule has 0 spiro atoms. The Morgan fingerprint density at radius 2 is 1.89 bits per heavy atom. The minimum absolute atomic E-state index is 0.0494. The Morgan fingerprint density at radius 1 is 1.08 bits per heavy atom. The first-order chi connectivity index (χ1) is 17.4. The zero-order valence-corrected chi connectivity index (χ0v) is 22.8. The van der Waals surface area contributed by atoms with Crippen LogP contribution in [-0.4, -0.2) is 48.3 Å². The molecule has 0 aliphatic carbocycles. The van der Waals surface area contributed by atoms with Gasteiger partial charge in [0.15, 0.2) is 15.3 Å². The maximum atomic E-state index is 13.5. The lowest BCUT2D eigenvalue weighted by atomic mass is 10.2. The summed E-state index contributed by atoms with van der Waals surface area (Å²) in [7, 11) is 0. The summed E-state index contributed by atoms with van der Waals surface area (Å²) in [5.41, 5.74) is 0.958. The molecule has 4 rings (SSSR count). The van der Waals surface area contributed by atoms with Crippen molar-refractivity contribution in [3.63, 3.8) is 0 Å². The molecule has 0 unspecified atom stereocenters. The smallest absolute Gasteiger partial charge is 0.251 e. The highest BCUT2D eigenvalue weighted by Crippen LogP contribution is 2.26. The van der Waals surface area contributed by atoms with Gasteiger partial charge in [0.05, 0.1) is 12.3 Å². The number of carbonyl (C=O) groups is 2. The third kappa shape index (κ3) is 6.90. The fourth-order valence-electron chi connectivity index (χ4n) is 2.98. The lowest BCUT2D eigenvalue weighted by Crippen LogP contribution is -2.24. The van der Waals surface area contributed by atoms with Crippen LogP contribution in [0.25, 0.3) is 5.69 Å². The first kappa shape index (κ1) is 26.3. The Labute approximate surface area is 226 Å². The Hall–Kier alpha value is -2.81. The van der Waals surface area contributed by atoms with Gasteiger partial charge in [-0.05, 0) is 48.2 Å². The lowest BCUT2D eigenvalue weighted by Gasteiger charge is -2.11. The van der Waals surface area contributed by atoms with Crippen molar-refractivity contribution in [1.82, 2.24) is 30.3 Å². The summed E-state index contributed by atoms with van der Waals surface area (Å²) in [5.74, 6) is 0.207. The maximum Gasteiger partial charge on any atom is 0.251 e. The maximum absolute atomic E-state index is 13.5. The number of nitrogens with zero attached hydrogens (tertiary/aromatic N) is 5. The first-order valence-electron chi connectivity index (χ1n) is 10.6. The number of amides is 2. The van der Waals surface area contributed by atoms with Crippen LogP contribution in [0.5, 0.6) is 0 Å². The predicted octanol–water partition coefficient (Wildman–Crippen LogP) is 4.79. The number of halogens is 2. The van der Waals surface area contributed by atoms with Crippen molar-refractivity contribution in [2.45, 2.75) is 23.0 Å². The van der Waals surface area contributed by atoms with Crippen molar-refractivity contribution in [2.75, 3.05) is 16.8 Å². The highest BCUT2D eigenvalue weighted by molar-refractivity contribution is 9.10. The van der Waals surface area contributed by atoms with E-state index in [1.165, 1.54) is 41.3 Å². The number of anilines is 1. The van der Waals surface area contributed by atoms with Crippen LogP contribution in [0.4, 0.5) is 9.52 Å². The largest absolute Gasteiger partial charge is 0.345 e. The van der Waals surface area contributed by atoms with E-state index in [0.717, 1.165) is 26.3 Å². The summed E-state index contributed by atoms with van der Waals surface area (Å²) in [6.45, 7) is 2.07. The van der Waals surface area contributed by atoms with Gasteiger partial charge in [0.25, 0.3) is 5.91 Å². The molecule has 0 saturated heterocycles. The van der Waals surface area contributed by atoms with Crippen LogP contribution in [0.15, 0.2) is 62.5 Å². The van der Waals surface area contributed by atoms with E-state index in [0.29, 0.717) is 16.1 Å². The summed E-state index contributed by atoms with van der Waals surface area (Å²) in [4.78, 5) is 25.0. The summed E-state index contributed by atoms with van der Waals surface area (Å²) in [6.07, 6.45) is 0. The van der Waals surface area contributed by atoms with E-state index < -0.39 is 11.7 Å². The van der Waals surface area contributed by atoms with Gasteiger partial charge in [0.1, 0.15) is 5.82 Å². The van der Waals surface area contributed by atoms with Crippen LogP contribution < -0.4 is 10.6 Å². The summed E-state index contributed by atoms with van der Waals surface area (Å²) in [5, 5.41) is 22.9. The number of hydrogen-bond donors (Lipinski definition) is 2. The molecule has 0 atom stereocenters. The number of thioether (sulfide) groups is 2. The van der Waals surface area contributed by atoms with Crippen LogP contribution in [0, 0.1) is 5.82 Å². The number of hydrogen-bond acceptors (Lipinski definition) is 9. The van der Waals surface area contributed by atoms with Crippen molar-refractivity contribution >= 4 is 67.7 Å². The third-order valence-corrected chi connectivity index (χ3v) is 7.84. The van der Waals surface area contributed by atoms with E-state index in [2.05, 4.69) is 47.0 Å². The highest BCUT2D eigenvalue weighted by Gasteiger charge is 2.18. The molecule has 2 aromatic heterocycles. The molecule has 4 aromatic rings. The summed E-state index contributed by atoms with van der Waals surface area (Å²) in [6, 6.07) is 12.9. The van der Waals surface area contributed by atoms with Crippen LogP contribution in [-0.2, 0) is 11.3 Å². The molecule has 0 aliphatic heterocycles. The van der Waals surface area contributed by atoms with E-state index >= 15 is 0 Å². The number of benzene rings is 2. The number of carbonyl (C=O) groups excluding carboxylic acids is 2. The van der Waals surface area contributed by atoms with Crippen molar-refractivity contribution in [1.29, 1.82) is 0 Å². The minimum Gasteiger partial charge on any atom is -0.345 e. The van der Waals surface area contributed by atoms with Crippen molar-refractivity contribution in [3.8, 4) is 5.69 Å². The average molecular weight is 609 g/mol. The van der Waals surface area contributed by atoms with Crippen molar-refractivity contribution in [2.24, 2.45) is 0 Å². The lowest BCUT2D eigenvalue weighted by molar-refractivity contribution is -0.113. The minimum atomic E-state index is -0.494. The molecule has 2 aromatic carbocycles. The van der Waals surface area contributed by atoms with E-state index in [-0.39, 0.29) is 23.8 Å². The Morgan fingerprint density at radius 3 is 2.64 bits per heavy atom. The Balaban J connectivity index is 1.47. The van der Waals surface area contributed by atoms with E-state index in [4.69, 9.17) is 0 Å². The molecular weight excluding hydrogens is 589 g/mol. The summed E-state index contributed by atoms with van der Waals surface area (Å²) >= 11 is 7.50. The quantitative estimate of drug-likeness (QED) is 0.195. The second kappa shape index (κ2) is 12.4. The highest BCUT2D eigenvalue weighted by atomic mass is 79.9. The SMILES string of the molecule is CCSc1nnc(NC(=O)CSc2nnc(CNC(=O)c3cccc(F)c3)n2-c2ccc(Br)cc2)s1. The summed E-state index contributed by atoms with van der Waals surface area (Å²) < 4.78 is 16.9. The predicted molar refractivity (Wildman–Crippen MR) is 142 cm³/mol. The van der Waals surface area contributed by atoms with Crippen LogP contribution in [0.1, 0.15) is 23.1 Å². The van der Waals surface area contributed by atoms with Crippen molar-refractivity contribution in [3.05, 3.63) is 70.2 Å². The Kier molecular flexibility index (Phi) is 9.07. The van der Waals surface area contributed by atoms with Crippen LogP contribution in [0.2, 0.25) is 0 Å². The Bertz CT molecular complexity index is 1360. The van der Waals surface area contributed by atoms with Crippen LogP contribution in [0.3, 0.4) is 0 Å². The monoisotopic (exact) mass is 607 g/mol. The van der Waals surface area contributed by atoms with Gasteiger partial charge in [-0.25, -0.2) is 4.39 Å². The van der Waals surface area contributed by atoms with Gasteiger partial charge in [0, 0.05) is 15.7 Å². The molecule has 36 heavy (non-hydrogen) atoms. The first-order valence-corrected chi connectivity index (χ1v) is 14.1. The normalized spacial score (nSPS) is 10.9.